The van der Waals surface area contributed by atoms with Crippen LogP contribution in [0.4, 0.5) is 5.69 Å². The minimum absolute atomic E-state index is 0.0734. The zero-order valence-electron chi connectivity index (χ0n) is 19.3. The second-order valence-electron chi connectivity index (χ2n) is 9.38. The van der Waals surface area contributed by atoms with Crippen LogP contribution in [0, 0.1) is 25.2 Å². The number of likely N-dealkylation sites (tertiary alicyclic amines) is 1. The fourth-order valence-electron chi connectivity index (χ4n) is 5.24. The lowest BCUT2D eigenvalue weighted by atomic mass is 9.89. The zero-order valence-corrected chi connectivity index (χ0v) is 19.3. The number of pyridine rings is 2. The van der Waals surface area contributed by atoms with E-state index in [1.165, 1.54) is 11.1 Å². The highest BCUT2D eigenvalue weighted by Gasteiger charge is 2.34. The smallest absolute Gasteiger partial charge is 0.211 e. The molecule has 33 heavy (non-hydrogen) atoms. The lowest BCUT2D eigenvalue weighted by molar-refractivity contribution is -0.0435. The number of benzene rings is 1. The summed E-state index contributed by atoms with van der Waals surface area (Å²) in [5, 5.41) is 20.2. The van der Waals surface area contributed by atoms with E-state index in [2.05, 4.69) is 45.8 Å². The van der Waals surface area contributed by atoms with E-state index < -0.39 is 0 Å². The molecule has 0 bridgehead atoms. The summed E-state index contributed by atoms with van der Waals surface area (Å²) in [5.41, 5.74) is 5.79. The number of rotatable bonds is 4. The SMILES string of the molecule is Cc1cc(C)c(C2CN(CC3CN(c4ccc(C#N)c5nc(O)ccc45)CC(C)O3)C2)cn1. The summed E-state index contributed by atoms with van der Waals surface area (Å²) in [6, 6.07) is 11.6. The van der Waals surface area contributed by atoms with Crippen LogP contribution in [0.15, 0.2) is 36.5 Å². The van der Waals surface area contributed by atoms with Gasteiger partial charge >= 0.3 is 0 Å². The molecule has 7 nitrogen and oxygen atoms in total. The topological polar surface area (TPSA) is 85.5 Å². The van der Waals surface area contributed by atoms with Gasteiger partial charge in [-0.25, -0.2) is 4.98 Å². The Morgan fingerprint density at radius 2 is 1.97 bits per heavy atom. The van der Waals surface area contributed by atoms with Crippen LogP contribution in [0.1, 0.15) is 35.2 Å². The van der Waals surface area contributed by atoms with Gasteiger partial charge in [0.05, 0.1) is 23.3 Å². The average Bonchev–Trinajstić information content (AvgIpc) is 2.75. The predicted octanol–water partition coefficient (Wildman–Crippen LogP) is 3.52. The molecule has 0 radical (unpaired) electrons. The summed E-state index contributed by atoms with van der Waals surface area (Å²) in [6.45, 7) is 10.8. The molecule has 2 aliphatic heterocycles. The van der Waals surface area contributed by atoms with Gasteiger partial charge in [0.1, 0.15) is 6.07 Å². The first kappa shape index (κ1) is 21.6. The van der Waals surface area contributed by atoms with Crippen LogP contribution in [0.25, 0.3) is 10.9 Å². The van der Waals surface area contributed by atoms with Gasteiger partial charge in [-0.15, -0.1) is 0 Å². The van der Waals surface area contributed by atoms with Gasteiger partial charge in [0, 0.05) is 67.7 Å². The number of hydrogen-bond acceptors (Lipinski definition) is 7. The number of ether oxygens (including phenoxy) is 1. The molecule has 0 aliphatic carbocycles. The minimum Gasteiger partial charge on any atom is -0.493 e. The normalized spacial score (nSPS) is 21.7. The summed E-state index contributed by atoms with van der Waals surface area (Å²) in [4.78, 5) is 13.5. The quantitative estimate of drug-likeness (QED) is 0.660. The predicted molar refractivity (Wildman–Crippen MR) is 128 cm³/mol. The van der Waals surface area contributed by atoms with E-state index in [9.17, 15) is 10.4 Å². The van der Waals surface area contributed by atoms with E-state index in [1.54, 1.807) is 12.1 Å². The standard InChI is InChI=1S/C26H29N5O2/c1-16-8-17(2)28-10-23(16)20-12-30(13-20)14-21-15-31(11-18(3)33-21)24-6-4-19(9-27)26-22(24)5-7-25(32)29-26/h4-8,10,18,20-21H,11-15H2,1-3H3,(H,29,32). The molecule has 0 spiro atoms. The van der Waals surface area contributed by atoms with Crippen molar-refractivity contribution >= 4 is 16.6 Å². The van der Waals surface area contributed by atoms with Gasteiger partial charge in [-0.1, -0.05) is 0 Å². The number of aromatic hydroxyl groups is 1. The number of aromatic nitrogens is 2. The Morgan fingerprint density at radius 3 is 2.73 bits per heavy atom. The fraction of sp³-hybridized carbons (Fsp3) is 0.423. The second kappa shape index (κ2) is 8.62. The molecule has 3 aromatic rings. The largest absolute Gasteiger partial charge is 0.493 e. The second-order valence-corrected chi connectivity index (χ2v) is 9.38. The molecule has 4 heterocycles. The highest BCUT2D eigenvalue weighted by atomic mass is 16.5. The van der Waals surface area contributed by atoms with Crippen molar-refractivity contribution in [3.05, 3.63) is 58.9 Å². The van der Waals surface area contributed by atoms with Crippen molar-refractivity contribution in [2.45, 2.75) is 38.9 Å². The van der Waals surface area contributed by atoms with Crippen molar-refractivity contribution < 1.29 is 9.84 Å². The third kappa shape index (κ3) is 4.24. The van der Waals surface area contributed by atoms with E-state index in [0.717, 1.165) is 49.5 Å². The Bertz CT molecular complexity index is 1230. The summed E-state index contributed by atoms with van der Waals surface area (Å²) < 4.78 is 6.30. The van der Waals surface area contributed by atoms with Crippen molar-refractivity contribution in [3.8, 4) is 11.9 Å². The van der Waals surface area contributed by atoms with Crippen molar-refractivity contribution in [2.24, 2.45) is 0 Å². The monoisotopic (exact) mass is 443 g/mol. The molecule has 2 unspecified atom stereocenters. The van der Waals surface area contributed by atoms with Gasteiger partial charge in [0.2, 0.25) is 5.88 Å². The van der Waals surface area contributed by atoms with E-state index in [-0.39, 0.29) is 18.1 Å². The number of fused-ring (bicyclic) bond motifs is 1. The molecule has 0 amide bonds. The van der Waals surface area contributed by atoms with Gasteiger partial charge in [-0.2, -0.15) is 5.26 Å². The average molecular weight is 444 g/mol. The first-order chi connectivity index (χ1) is 15.9. The molecular weight excluding hydrogens is 414 g/mol. The fourth-order valence-corrected chi connectivity index (χ4v) is 5.24. The number of morpholine rings is 1. The molecule has 2 saturated heterocycles. The maximum Gasteiger partial charge on any atom is 0.211 e. The first-order valence-electron chi connectivity index (χ1n) is 11.5. The maximum atomic E-state index is 9.84. The van der Waals surface area contributed by atoms with E-state index in [1.807, 2.05) is 25.3 Å². The van der Waals surface area contributed by atoms with Crippen molar-refractivity contribution in [1.29, 1.82) is 5.26 Å². The van der Waals surface area contributed by atoms with E-state index in [0.29, 0.717) is 17.0 Å². The Hall–Kier alpha value is -3.21. The Labute approximate surface area is 194 Å². The van der Waals surface area contributed by atoms with E-state index in [4.69, 9.17) is 4.74 Å². The molecule has 2 aliphatic rings. The maximum absolute atomic E-state index is 9.84. The third-order valence-corrected chi connectivity index (χ3v) is 6.75. The van der Waals surface area contributed by atoms with Gasteiger partial charge in [-0.3, -0.25) is 9.88 Å². The van der Waals surface area contributed by atoms with Gasteiger partial charge in [0.25, 0.3) is 0 Å². The molecule has 170 valence electrons. The van der Waals surface area contributed by atoms with Gasteiger partial charge in [-0.05, 0) is 56.2 Å². The summed E-state index contributed by atoms with van der Waals surface area (Å²) >= 11 is 0. The van der Waals surface area contributed by atoms with Crippen LogP contribution in [0.3, 0.4) is 0 Å². The lowest BCUT2D eigenvalue weighted by Gasteiger charge is -2.45. The van der Waals surface area contributed by atoms with Crippen LogP contribution in [-0.4, -0.2) is 64.9 Å². The van der Waals surface area contributed by atoms with Gasteiger partial charge in [0.15, 0.2) is 0 Å². The molecular formula is C26H29N5O2. The molecule has 2 fully saturated rings. The number of nitriles is 1. The third-order valence-electron chi connectivity index (χ3n) is 6.75. The molecule has 0 saturated carbocycles. The van der Waals surface area contributed by atoms with Crippen molar-refractivity contribution in [1.82, 2.24) is 14.9 Å². The Balaban J connectivity index is 1.30. The Morgan fingerprint density at radius 1 is 1.15 bits per heavy atom. The summed E-state index contributed by atoms with van der Waals surface area (Å²) in [7, 11) is 0. The molecule has 5 rings (SSSR count). The highest BCUT2D eigenvalue weighted by molar-refractivity contribution is 5.95. The number of anilines is 1. The van der Waals surface area contributed by atoms with Gasteiger partial charge < -0.3 is 14.7 Å². The number of hydrogen-bond donors (Lipinski definition) is 1. The van der Waals surface area contributed by atoms with Crippen LogP contribution < -0.4 is 4.90 Å². The summed E-state index contributed by atoms with van der Waals surface area (Å²) in [5.74, 6) is 0.465. The van der Waals surface area contributed by atoms with Crippen molar-refractivity contribution in [3.63, 3.8) is 0 Å². The first-order valence-corrected chi connectivity index (χ1v) is 11.5. The molecule has 1 aromatic carbocycles. The molecule has 2 atom stereocenters. The molecule has 7 heteroatoms. The lowest BCUT2D eigenvalue weighted by Crippen LogP contribution is -2.55. The van der Waals surface area contributed by atoms with Crippen LogP contribution in [0.2, 0.25) is 0 Å². The number of nitrogens with zero attached hydrogens (tertiary/aromatic N) is 5. The zero-order chi connectivity index (χ0) is 23.1. The van der Waals surface area contributed by atoms with Crippen LogP contribution in [-0.2, 0) is 4.74 Å². The number of aryl methyl sites for hydroxylation is 2. The molecule has 2 aromatic heterocycles. The highest BCUT2D eigenvalue weighted by Crippen LogP contribution is 2.33. The Kier molecular flexibility index (Phi) is 5.65. The van der Waals surface area contributed by atoms with Crippen LogP contribution in [0.5, 0.6) is 5.88 Å². The van der Waals surface area contributed by atoms with E-state index >= 15 is 0 Å². The van der Waals surface area contributed by atoms with Crippen LogP contribution >= 0.6 is 0 Å². The van der Waals surface area contributed by atoms with Crippen molar-refractivity contribution in [2.75, 3.05) is 37.6 Å². The summed E-state index contributed by atoms with van der Waals surface area (Å²) in [6.07, 6.45) is 2.23. The molecule has 1 N–H and O–H groups in total. The minimum atomic E-state index is -0.0734.